The van der Waals surface area contributed by atoms with Gasteiger partial charge in [0.2, 0.25) is 5.91 Å². The minimum Gasteiger partial charge on any atom is -0.494 e. The van der Waals surface area contributed by atoms with E-state index in [2.05, 4.69) is 0 Å². The molecule has 2 saturated heterocycles. The molecule has 0 bridgehead atoms. The van der Waals surface area contributed by atoms with E-state index in [1.165, 1.54) is 19.2 Å². The Morgan fingerprint density at radius 1 is 1.15 bits per heavy atom. The first-order chi connectivity index (χ1) is 13.1. The summed E-state index contributed by atoms with van der Waals surface area (Å²) in [6, 6.07) is 4.30. The molecule has 7 heteroatoms. The average molecular weight is 378 g/mol. The largest absolute Gasteiger partial charge is 0.494 e. The molecule has 2 aliphatic heterocycles. The predicted octanol–water partition coefficient (Wildman–Crippen LogP) is 2.33. The van der Waals surface area contributed by atoms with Gasteiger partial charge in [0, 0.05) is 38.2 Å². The molecule has 0 aromatic heterocycles. The maximum absolute atomic E-state index is 13.8. The Morgan fingerprint density at radius 2 is 1.85 bits per heavy atom. The molecule has 0 spiro atoms. The second kappa shape index (κ2) is 9.17. The van der Waals surface area contributed by atoms with Crippen LogP contribution in [0.4, 0.5) is 4.39 Å². The van der Waals surface area contributed by atoms with Crippen LogP contribution in [0.25, 0.3) is 0 Å². The zero-order valence-electron chi connectivity index (χ0n) is 15.8. The Morgan fingerprint density at radius 3 is 2.48 bits per heavy atom. The predicted molar refractivity (Wildman–Crippen MR) is 98.2 cm³/mol. The Balaban J connectivity index is 1.45. The summed E-state index contributed by atoms with van der Waals surface area (Å²) in [6.07, 6.45) is 3.17. The average Bonchev–Trinajstić information content (AvgIpc) is 2.72. The van der Waals surface area contributed by atoms with Crippen LogP contribution in [-0.4, -0.2) is 68.1 Å². The van der Waals surface area contributed by atoms with E-state index in [1.54, 1.807) is 11.0 Å². The molecular formula is C20H27FN2O4. The highest BCUT2D eigenvalue weighted by molar-refractivity contribution is 5.94. The molecule has 0 unspecified atom stereocenters. The summed E-state index contributed by atoms with van der Waals surface area (Å²) in [5.74, 6) is 0.103. The van der Waals surface area contributed by atoms with Crippen molar-refractivity contribution in [2.75, 3.05) is 46.5 Å². The molecule has 148 valence electrons. The van der Waals surface area contributed by atoms with Crippen LogP contribution in [0.15, 0.2) is 18.2 Å². The highest BCUT2D eigenvalue weighted by atomic mass is 19.1. The van der Waals surface area contributed by atoms with E-state index >= 15 is 0 Å². The quantitative estimate of drug-likeness (QED) is 0.789. The molecule has 1 aromatic carbocycles. The number of piperidine rings is 1. The van der Waals surface area contributed by atoms with Crippen LogP contribution in [0.2, 0.25) is 0 Å². The monoisotopic (exact) mass is 378 g/mol. The van der Waals surface area contributed by atoms with E-state index in [9.17, 15) is 14.0 Å². The van der Waals surface area contributed by atoms with E-state index in [4.69, 9.17) is 9.47 Å². The number of carbonyl (C=O) groups is 2. The molecule has 0 saturated carbocycles. The van der Waals surface area contributed by atoms with Crippen molar-refractivity contribution in [3.8, 4) is 5.75 Å². The van der Waals surface area contributed by atoms with Gasteiger partial charge in [-0.05, 0) is 43.4 Å². The molecule has 2 amide bonds. The van der Waals surface area contributed by atoms with Gasteiger partial charge < -0.3 is 19.3 Å². The van der Waals surface area contributed by atoms with Crippen molar-refractivity contribution in [3.63, 3.8) is 0 Å². The van der Waals surface area contributed by atoms with Crippen molar-refractivity contribution in [3.05, 3.63) is 29.6 Å². The Kier molecular flexibility index (Phi) is 6.66. The van der Waals surface area contributed by atoms with E-state index in [-0.39, 0.29) is 17.6 Å². The molecule has 27 heavy (non-hydrogen) atoms. The third-order valence-corrected chi connectivity index (χ3v) is 5.43. The summed E-state index contributed by atoms with van der Waals surface area (Å²) in [5.41, 5.74) is 0.342. The van der Waals surface area contributed by atoms with Crippen molar-refractivity contribution in [2.24, 2.45) is 5.92 Å². The molecule has 2 fully saturated rings. The number of nitrogens with zero attached hydrogens (tertiary/aromatic N) is 2. The van der Waals surface area contributed by atoms with Gasteiger partial charge >= 0.3 is 0 Å². The topological polar surface area (TPSA) is 59.1 Å². The fourth-order valence-corrected chi connectivity index (χ4v) is 3.71. The molecule has 0 atom stereocenters. The highest BCUT2D eigenvalue weighted by Gasteiger charge is 2.25. The summed E-state index contributed by atoms with van der Waals surface area (Å²) in [4.78, 5) is 28.5. The third-order valence-electron chi connectivity index (χ3n) is 5.43. The Bertz CT molecular complexity index is 668. The number of amides is 2. The van der Waals surface area contributed by atoms with Crippen LogP contribution in [0.1, 0.15) is 36.0 Å². The van der Waals surface area contributed by atoms with Gasteiger partial charge in [-0.15, -0.1) is 0 Å². The standard InChI is InChI=1S/C20H27FN2O4/c1-26-18-4-3-16(14-17(18)21)20(25)23-8-6-15(7-9-23)2-5-19(24)22-10-12-27-13-11-22/h3-4,14-15H,2,5-13H2,1H3. The fourth-order valence-electron chi connectivity index (χ4n) is 3.71. The third kappa shape index (κ3) is 4.97. The molecular weight excluding hydrogens is 351 g/mol. The van der Waals surface area contributed by atoms with Gasteiger partial charge in [-0.1, -0.05) is 0 Å². The maximum atomic E-state index is 13.8. The molecule has 0 radical (unpaired) electrons. The van der Waals surface area contributed by atoms with Gasteiger partial charge in [-0.2, -0.15) is 0 Å². The lowest BCUT2D eigenvalue weighted by atomic mass is 9.91. The molecule has 0 N–H and O–H groups in total. The number of ether oxygens (including phenoxy) is 2. The summed E-state index contributed by atoms with van der Waals surface area (Å²) in [7, 11) is 1.40. The van der Waals surface area contributed by atoms with Gasteiger partial charge in [-0.3, -0.25) is 9.59 Å². The highest BCUT2D eigenvalue weighted by Crippen LogP contribution is 2.25. The molecule has 3 rings (SSSR count). The maximum Gasteiger partial charge on any atom is 0.253 e. The summed E-state index contributed by atoms with van der Waals surface area (Å²) < 4.78 is 24.0. The van der Waals surface area contributed by atoms with E-state index in [1.807, 2.05) is 4.90 Å². The lowest BCUT2D eigenvalue weighted by molar-refractivity contribution is -0.135. The number of benzene rings is 1. The van der Waals surface area contributed by atoms with Crippen LogP contribution < -0.4 is 4.74 Å². The van der Waals surface area contributed by atoms with Gasteiger partial charge in [-0.25, -0.2) is 4.39 Å². The van der Waals surface area contributed by atoms with Crippen molar-refractivity contribution >= 4 is 11.8 Å². The normalized spacial score (nSPS) is 18.4. The van der Waals surface area contributed by atoms with Crippen LogP contribution in [-0.2, 0) is 9.53 Å². The smallest absolute Gasteiger partial charge is 0.253 e. The van der Waals surface area contributed by atoms with Crippen LogP contribution in [0.5, 0.6) is 5.75 Å². The molecule has 2 aliphatic rings. The van der Waals surface area contributed by atoms with Crippen molar-refractivity contribution < 1.29 is 23.5 Å². The molecule has 0 aliphatic carbocycles. The van der Waals surface area contributed by atoms with Crippen LogP contribution >= 0.6 is 0 Å². The summed E-state index contributed by atoms with van der Waals surface area (Å²) in [6.45, 7) is 3.90. The lowest BCUT2D eigenvalue weighted by Crippen LogP contribution is -2.41. The first-order valence-electron chi connectivity index (χ1n) is 9.57. The van der Waals surface area contributed by atoms with Gasteiger partial charge in [0.05, 0.1) is 20.3 Å². The number of morpholine rings is 1. The van der Waals surface area contributed by atoms with Gasteiger partial charge in [0.25, 0.3) is 5.91 Å². The minimum absolute atomic E-state index is 0.134. The fraction of sp³-hybridized carbons (Fsp3) is 0.600. The van der Waals surface area contributed by atoms with E-state index in [0.717, 1.165) is 19.3 Å². The number of hydrogen-bond donors (Lipinski definition) is 0. The van der Waals surface area contributed by atoms with E-state index < -0.39 is 5.82 Å². The second-order valence-corrected chi connectivity index (χ2v) is 7.12. The molecule has 2 heterocycles. The molecule has 1 aromatic rings. The first kappa shape index (κ1) is 19.6. The SMILES string of the molecule is COc1ccc(C(=O)N2CCC(CCC(=O)N3CCOCC3)CC2)cc1F. The number of hydrogen-bond acceptors (Lipinski definition) is 4. The second-order valence-electron chi connectivity index (χ2n) is 7.12. The Labute approximate surface area is 159 Å². The minimum atomic E-state index is -0.528. The zero-order valence-corrected chi connectivity index (χ0v) is 15.8. The Hall–Kier alpha value is -2.15. The summed E-state index contributed by atoms with van der Waals surface area (Å²) >= 11 is 0. The number of rotatable bonds is 5. The van der Waals surface area contributed by atoms with Crippen LogP contribution in [0, 0.1) is 11.7 Å². The van der Waals surface area contributed by atoms with Crippen molar-refractivity contribution in [1.82, 2.24) is 9.80 Å². The number of carbonyl (C=O) groups excluding carboxylic acids is 2. The zero-order chi connectivity index (χ0) is 19.2. The molecule has 6 nitrogen and oxygen atoms in total. The van der Waals surface area contributed by atoms with Crippen molar-refractivity contribution in [2.45, 2.75) is 25.7 Å². The van der Waals surface area contributed by atoms with Crippen molar-refractivity contribution in [1.29, 1.82) is 0 Å². The van der Waals surface area contributed by atoms with Gasteiger partial charge in [0.15, 0.2) is 11.6 Å². The first-order valence-corrected chi connectivity index (χ1v) is 9.57. The number of halogens is 1. The number of methoxy groups -OCH3 is 1. The van der Waals surface area contributed by atoms with Gasteiger partial charge in [0.1, 0.15) is 0 Å². The van der Waals surface area contributed by atoms with Crippen LogP contribution in [0.3, 0.4) is 0 Å². The number of likely N-dealkylation sites (tertiary alicyclic amines) is 1. The lowest BCUT2D eigenvalue weighted by Gasteiger charge is -2.33. The van der Waals surface area contributed by atoms with E-state index in [0.29, 0.717) is 57.3 Å². The summed E-state index contributed by atoms with van der Waals surface area (Å²) in [5, 5.41) is 0.